The van der Waals surface area contributed by atoms with Crippen molar-refractivity contribution in [3.05, 3.63) is 34.6 Å². The zero-order chi connectivity index (χ0) is 12.8. The Morgan fingerprint density at radius 1 is 1.35 bits per heavy atom. The summed E-state index contributed by atoms with van der Waals surface area (Å²) in [7, 11) is 3.16. The van der Waals surface area contributed by atoms with Gasteiger partial charge in [0.05, 0.1) is 6.04 Å². The number of hydrogen-bond acceptors (Lipinski definition) is 3. The number of halogens is 2. The van der Waals surface area contributed by atoms with E-state index in [4.69, 9.17) is 21.1 Å². The molecule has 0 amide bonds. The molecule has 17 heavy (non-hydrogen) atoms. The first-order chi connectivity index (χ1) is 8.08. The molecule has 0 spiro atoms. The summed E-state index contributed by atoms with van der Waals surface area (Å²) in [4.78, 5) is 0. The molecule has 0 aliphatic heterocycles. The molecule has 3 nitrogen and oxygen atoms in total. The highest BCUT2D eigenvalue weighted by atomic mass is 35.5. The van der Waals surface area contributed by atoms with Crippen LogP contribution in [0.4, 0.5) is 4.39 Å². The zero-order valence-corrected chi connectivity index (χ0v) is 10.9. The summed E-state index contributed by atoms with van der Waals surface area (Å²) < 4.78 is 23.1. The molecule has 5 heteroatoms. The Bertz CT molecular complexity index is 358. The molecule has 1 aromatic rings. The predicted octanol–water partition coefficient (Wildman–Crippen LogP) is 2.58. The Labute approximate surface area is 106 Å². The lowest BCUT2D eigenvalue weighted by Crippen LogP contribution is -2.39. The standard InChI is InChI=1S/C12H17ClFNO2/c1-8(12(16-2)17-3)15-7-9-4-5-10(14)6-11(9)13/h4-6,8,12,15H,7H2,1-3H3. The van der Waals surface area contributed by atoms with E-state index in [0.29, 0.717) is 11.6 Å². The molecule has 0 saturated carbocycles. The van der Waals surface area contributed by atoms with Crippen molar-refractivity contribution < 1.29 is 13.9 Å². The molecule has 0 radical (unpaired) electrons. The molecule has 0 bridgehead atoms. The van der Waals surface area contributed by atoms with Crippen LogP contribution in [0.15, 0.2) is 18.2 Å². The van der Waals surface area contributed by atoms with Gasteiger partial charge in [-0.3, -0.25) is 0 Å². The predicted molar refractivity (Wildman–Crippen MR) is 65.5 cm³/mol. The van der Waals surface area contributed by atoms with Gasteiger partial charge in [0.1, 0.15) is 5.82 Å². The van der Waals surface area contributed by atoms with Gasteiger partial charge < -0.3 is 14.8 Å². The number of ether oxygens (including phenoxy) is 2. The molecule has 0 aliphatic carbocycles. The van der Waals surface area contributed by atoms with Gasteiger partial charge in [-0.1, -0.05) is 17.7 Å². The van der Waals surface area contributed by atoms with Gasteiger partial charge in [0.15, 0.2) is 6.29 Å². The van der Waals surface area contributed by atoms with Gasteiger partial charge >= 0.3 is 0 Å². The van der Waals surface area contributed by atoms with Gasteiger partial charge in [-0.05, 0) is 24.6 Å². The highest BCUT2D eigenvalue weighted by molar-refractivity contribution is 6.31. The Balaban J connectivity index is 2.55. The molecule has 0 saturated heterocycles. The number of benzene rings is 1. The summed E-state index contributed by atoms with van der Waals surface area (Å²) in [6.07, 6.45) is -0.325. The van der Waals surface area contributed by atoms with Gasteiger partial charge in [-0.25, -0.2) is 4.39 Å². The maximum atomic E-state index is 12.8. The lowest BCUT2D eigenvalue weighted by atomic mass is 10.2. The molecular formula is C12H17ClFNO2. The lowest BCUT2D eigenvalue weighted by molar-refractivity contribution is -0.119. The normalized spacial score (nSPS) is 13.1. The largest absolute Gasteiger partial charge is 0.354 e. The van der Waals surface area contributed by atoms with Gasteiger partial charge in [0, 0.05) is 25.8 Å². The van der Waals surface area contributed by atoms with Crippen LogP contribution in [-0.4, -0.2) is 26.6 Å². The molecule has 1 rings (SSSR count). The molecule has 0 aliphatic rings. The third-order valence-corrected chi connectivity index (χ3v) is 2.85. The van der Waals surface area contributed by atoms with Crippen molar-refractivity contribution in [1.29, 1.82) is 0 Å². The van der Waals surface area contributed by atoms with E-state index in [1.807, 2.05) is 6.92 Å². The van der Waals surface area contributed by atoms with Crippen LogP contribution in [0.1, 0.15) is 12.5 Å². The van der Waals surface area contributed by atoms with Crippen LogP contribution in [0.5, 0.6) is 0 Å². The fourth-order valence-electron chi connectivity index (χ4n) is 1.54. The average Bonchev–Trinajstić information content (AvgIpc) is 2.29. The van der Waals surface area contributed by atoms with Crippen LogP contribution in [0, 0.1) is 5.82 Å². The first kappa shape index (κ1) is 14.4. The van der Waals surface area contributed by atoms with Crippen molar-refractivity contribution in [1.82, 2.24) is 5.32 Å². The molecule has 96 valence electrons. The van der Waals surface area contributed by atoms with E-state index in [0.717, 1.165) is 5.56 Å². The smallest absolute Gasteiger partial charge is 0.171 e. The summed E-state index contributed by atoms with van der Waals surface area (Å²) in [5.74, 6) is -0.335. The highest BCUT2D eigenvalue weighted by Gasteiger charge is 2.15. The molecule has 0 heterocycles. The molecule has 1 N–H and O–H groups in total. The van der Waals surface area contributed by atoms with E-state index in [2.05, 4.69) is 5.32 Å². The van der Waals surface area contributed by atoms with Gasteiger partial charge in [0.2, 0.25) is 0 Å². The molecule has 0 aromatic heterocycles. The summed E-state index contributed by atoms with van der Waals surface area (Å²) in [6.45, 7) is 2.47. The summed E-state index contributed by atoms with van der Waals surface area (Å²) in [5, 5.41) is 3.62. The summed E-state index contributed by atoms with van der Waals surface area (Å²) in [6, 6.07) is 4.35. The van der Waals surface area contributed by atoms with Crippen LogP contribution in [0.3, 0.4) is 0 Å². The Morgan fingerprint density at radius 3 is 2.53 bits per heavy atom. The van der Waals surface area contributed by atoms with Crippen LogP contribution in [-0.2, 0) is 16.0 Å². The molecule has 0 fully saturated rings. The number of methoxy groups -OCH3 is 2. The fraction of sp³-hybridized carbons (Fsp3) is 0.500. The molecule has 1 unspecified atom stereocenters. The summed E-state index contributed by atoms with van der Waals surface area (Å²) >= 11 is 5.92. The van der Waals surface area contributed by atoms with E-state index in [9.17, 15) is 4.39 Å². The van der Waals surface area contributed by atoms with E-state index in [1.165, 1.54) is 12.1 Å². The first-order valence-corrected chi connectivity index (χ1v) is 5.69. The zero-order valence-electron chi connectivity index (χ0n) is 10.2. The Hall–Kier alpha value is -0.680. The third-order valence-electron chi connectivity index (χ3n) is 2.50. The quantitative estimate of drug-likeness (QED) is 0.799. The SMILES string of the molecule is COC(OC)C(C)NCc1ccc(F)cc1Cl. The number of rotatable bonds is 6. The Morgan fingerprint density at radius 2 is 2.00 bits per heavy atom. The maximum Gasteiger partial charge on any atom is 0.171 e. The van der Waals surface area contributed by atoms with Crippen LogP contribution >= 0.6 is 11.6 Å². The number of nitrogens with one attached hydrogen (secondary N) is 1. The van der Waals surface area contributed by atoms with Crippen molar-refractivity contribution in [2.45, 2.75) is 25.8 Å². The highest BCUT2D eigenvalue weighted by Crippen LogP contribution is 2.17. The van der Waals surface area contributed by atoms with Crippen molar-refractivity contribution >= 4 is 11.6 Å². The van der Waals surface area contributed by atoms with Crippen molar-refractivity contribution in [3.63, 3.8) is 0 Å². The minimum Gasteiger partial charge on any atom is -0.354 e. The van der Waals surface area contributed by atoms with Crippen LogP contribution < -0.4 is 5.32 Å². The van der Waals surface area contributed by atoms with Gasteiger partial charge in [-0.15, -0.1) is 0 Å². The van der Waals surface area contributed by atoms with Gasteiger partial charge in [0.25, 0.3) is 0 Å². The second-order valence-corrected chi connectivity index (χ2v) is 4.15. The summed E-state index contributed by atoms with van der Waals surface area (Å²) in [5.41, 5.74) is 0.839. The topological polar surface area (TPSA) is 30.5 Å². The van der Waals surface area contributed by atoms with E-state index in [-0.39, 0.29) is 18.1 Å². The third kappa shape index (κ3) is 4.24. The van der Waals surface area contributed by atoms with Crippen molar-refractivity contribution in [2.24, 2.45) is 0 Å². The first-order valence-electron chi connectivity index (χ1n) is 5.31. The second kappa shape index (κ2) is 6.91. The van der Waals surface area contributed by atoms with Crippen molar-refractivity contribution in [2.75, 3.05) is 14.2 Å². The molecular weight excluding hydrogens is 245 g/mol. The van der Waals surface area contributed by atoms with E-state index < -0.39 is 0 Å². The lowest BCUT2D eigenvalue weighted by Gasteiger charge is -2.22. The molecule has 1 atom stereocenters. The van der Waals surface area contributed by atoms with E-state index >= 15 is 0 Å². The minimum atomic E-state index is -0.335. The maximum absolute atomic E-state index is 12.8. The average molecular weight is 262 g/mol. The van der Waals surface area contributed by atoms with Gasteiger partial charge in [-0.2, -0.15) is 0 Å². The number of hydrogen-bond donors (Lipinski definition) is 1. The van der Waals surface area contributed by atoms with E-state index in [1.54, 1.807) is 20.3 Å². The molecule has 1 aromatic carbocycles. The van der Waals surface area contributed by atoms with Crippen molar-refractivity contribution in [3.8, 4) is 0 Å². The Kier molecular flexibility index (Phi) is 5.85. The van der Waals surface area contributed by atoms with Crippen LogP contribution in [0.2, 0.25) is 5.02 Å². The minimum absolute atomic E-state index is 0.00567. The second-order valence-electron chi connectivity index (χ2n) is 3.75. The van der Waals surface area contributed by atoms with Crippen LogP contribution in [0.25, 0.3) is 0 Å². The fourth-order valence-corrected chi connectivity index (χ4v) is 1.77. The monoisotopic (exact) mass is 261 g/mol.